The first-order chi connectivity index (χ1) is 12.2. The Hall–Kier alpha value is -3.37. The van der Waals surface area contributed by atoms with Crippen LogP contribution in [0.25, 0.3) is 17.1 Å². The van der Waals surface area contributed by atoms with Crippen LogP contribution in [0.4, 0.5) is 18.9 Å². The van der Waals surface area contributed by atoms with Crippen LogP contribution in [0.3, 0.4) is 0 Å². The molecule has 136 valence electrons. The molecule has 0 saturated heterocycles. The molecule has 8 nitrogen and oxygen atoms in total. The van der Waals surface area contributed by atoms with Crippen LogP contribution in [-0.2, 0) is 13.2 Å². The van der Waals surface area contributed by atoms with E-state index in [1.807, 2.05) is 0 Å². The highest BCUT2D eigenvalue weighted by atomic mass is 19.4. The third kappa shape index (κ3) is 2.98. The molecule has 26 heavy (non-hydrogen) atoms. The Labute approximate surface area is 145 Å². The highest BCUT2D eigenvalue weighted by Crippen LogP contribution is 2.36. The average Bonchev–Trinajstić information content (AvgIpc) is 3.18. The lowest BCUT2D eigenvalue weighted by atomic mass is 10.2. The number of aromatic nitrogens is 5. The van der Waals surface area contributed by atoms with Crippen molar-refractivity contribution in [2.45, 2.75) is 6.18 Å². The number of carbonyl (C=O) groups is 1. The highest BCUT2D eigenvalue weighted by Gasteiger charge is 2.38. The summed E-state index contributed by atoms with van der Waals surface area (Å²) in [6, 6.07) is 3.19. The Balaban J connectivity index is 2.15. The number of imidazole rings is 1. The number of hydrogen-bond donors (Lipinski definition) is 2. The molecule has 1 amide bonds. The molecule has 3 rings (SSSR count). The van der Waals surface area contributed by atoms with Gasteiger partial charge in [-0.15, -0.1) is 0 Å². The second-order valence-corrected chi connectivity index (χ2v) is 5.38. The second kappa shape index (κ2) is 6.17. The number of anilines is 1. The Morgan fingerprint density at radius 3 is 2.46 bits per heavy atom. The Kier molecular flexibility index (Phi) is 4.14. The van der Waals surface area contributed by atoms with Crippen molar-refractivity contribution in [3.05, 3.63) is 42.2 Å². The predicted molar refractivity (Wildman–Crippen MR) is 86.6 cm³/mol. The molecular weight excluding hydrogens is 351 g/mol. The molecule has 11 heteroatoms. The second-order valence-electron chi connectivity index (χ2n) is 5.38. The smallest absolute Gasteiger partial charge is 0.387 e. The van der Waals surface area contributed by atoms with Crippen molar-refractivity contribution in [1.82, 2.24) is 24.3 Å². The fourth-order valence-electron chi connectivity index (χ4n) is 2.45. The Morgan fingerprint density at radius 2 is 1.96 bits per heavy atom. The van der Waals surface area contributed by atoms with Crippen LogP contribution in [-0.4, -0.2) is 37.3 Å². The van der Waals surface area contributed by atoms with E-state index in [1.165, 1.54) is 30.1 Å². The van der Waals surface area contributed by atoms with E-state index in [1.54, 1.807) is 13.1 Å². The minimum atomic E-state index is -4.71. The molecule has 0 saturated carbocycles. The van der Waals surface area contributed by atoms with Crippen molar-refractivity contribution in [1.29, 1.82) is 0 Å². The molecule has 0 atom stereocenters. The molecule has 0 radical (unpaired) electrons. The summed E-state index contributed by atoms with van der Waals surface area (Å²) in [4.78, 5) is 19.2. The summed E-state index contributed by atoms with van der Waals surface area (Å²) >= 11 is 0. The molecule has 0 unspecified atom stereocenters. The first-order valence-electron chi connectivity index (χ1n) is 7.35. The topological polar surface area (TPSA) is 104 Å². The molecule has 0 spiro atoms. The summed E-state index contributed by atoms with van der Waals surface area (Å²) in [5, 5.41) is 6.50. The monoisotopic (exact) mass is 365 g/mol. The van der Waals surface area contributed by atoms with Crippen LogP contribution in [0.1, 0.15) is 16.3 Å². The standard InChI is InChI=1S/C15H14F3N7O/c1-20-8-3-4-11(21-5-8)25-7-9(12(23-25)15(16,17)18)10-6-22-14(13(19)26)24(10)2/h3-7,20H,1-2H3,(H2,19,26). The molecule has 0 aliphatic carbocycles. The van der Waals surface area contributed by atoms with Gasteiger partial charge >= 0.3 is 6.18 Å². The van der Waals surface area contributed by atoms with Gasteiger partial charge in [0.25, 0.3) is 5.91 Å². The molecule has 3 N–H and O–H groups in total. The van der Waals surface area contributed by atoms with Crippen LogP contribution in [0, 0.1) is 0 Å². The van der Waals surface area contributed by atoms with E-state index < -0.39 is 17.8 Å². The normalized spacial score (nSPS) is 11.6. The van der Waals surface area contributed by atoms with Crippen LogP contribution in [0.5, 0.6) is 0 Å². The summed E-state index contributed by atoms with van der Waals surface area (Å²) in [6.07, 6.45) is -0.901. The van der Waals surface area contributed by atoms with Gasteiger partial charge in [0.15, 0.2) is 17.3 Å². The van der Waals surface area contributed by atoms with Crippen LogP contribution in [0.15, 0.2) is 30.7 Å². The number of nitrogens with two attached hydrogens (primary N) is 1. The minimum absolute atomic E-state index is 0.0595. The third-order valence-electron chi connectivity index (χ3n) is 3.74. The molecule has 0 aromatic carbocycles. The van der Waals surface area contributed by atoms with Gasteiger partial charge in [0, 0.05) is 20.3 Å². The van der Waals surface area contributed by atoms with E-state index in [2.05, 4.69) is 20.4 Å². The number of halogens is 3. The molecule has 0 aliphatic rings. The van der Waals surface area contributed by atoms with Gasteiger partial charge in [-0.05, 0) is 12.1 Å². The summed E-state index contributed by atoms with van der Waals surface area (Å²) < 4.78 is 42.6. The van der Waals surface area contributed by atoms with Crippen molar-refractivity contribution < 1.29 is 18.0 Å². The Morgan fingerprint density at radius 1 is 1.23 bits per heavy atom. The fourth-order valence-corrected chi connectivity index (χ4v) is 2.45. The number of pyridine rings is 1. The largest absolute Gasteiger partial charge is 0.435 e. The number of amides is 1. The number of alkyl halides is 3. The first-order valence-corrected chi connectivity index (χ1v) is 7.35. The van der Waals surface area contributed by atoms with E-state index in [4.69, 9.17) is 5.73 Å². The zero-order valence-electron chi connectivity index (χ0n) is 13.7. The lowest BCUT2D eigenvalue weighted by Crippen LogP contribution is -2.17. The molecule has 3 aromatic rings. The van der Waals surface area contributed by atoms with Gasteiger partial charge in [-0.25, -0.2) is 14.6 Å². The highest BCUT2D eigenvalue weighted by molar-refractivity contribution is 5.90. The first kappa shape index (κ1) is 17.5. The van der Waals surface area contributed by atoms with Gasteiger partial charge in [-0.3, -0.25) is 4.79 Å². The molecule has 3 aromatic heterocycles. The van der Waals surface area contributed by atoms with E-state index >= 15 is 0 Å². The SMILES string of the molecule is CNc1ccc(-n2cc(-c3cnc(C(N)=O)n3C)c(C(F)(F)F)n2)nc1. The number of hydrogen-bond acceptors (Lipinski definition) is 5. The summed E-state index contributed by atoms with van der Waals surface area (Å²) in [6.45, 7) is 0. The zero-order valence-corrected chi connectivity index (χ0v) is 13.7. The van der Waals surface area contributed by atoms with Crippen molar-refractivity contribution in [3.63, 3.8) is 0 Å². The maximum atomic E-state index is 13.5. The number of nitrogens with zero attached hydrogens (tertiary/aromatic N) is 5. The van der Waals surface area contributed by atoms with Crippen molar-refractivity contribution in [2.75, 3.05) is 12.4 Å². The van der Waals surface area contributed by atoms with Crippen LogP contribution < -0.4 is 11.1 Å². The van der Waals surface area contributed by atoms with Crippen LogP contribution >= 0.6 is 0 Å². The molecule has 0 bridgehead atoms. The predicted octanol–water partition coefficient (Wildman–Crippen LogP) is 1.83. The quantitative estimate of drug-likeness (QED) is 0.734. The van der Waals surface area contributed by atoms with Crippen LogP contribution in [0.2, 0.25) is 0 Å². The summed E-state index contributed by atoms with van der Waals surface area (Å²) in [5.41, 5.74) is 4.58. The fraction of sp³-hybridized carbons (Fsp3) is 0.200. The van der Waals surface area contributed by atoms with Gasteiger partial charge in [-0.1, -0.05) is 0 Å². The maximum absolute atomic E-state index is 13.5. The van der Waals surface area contributed by atoms with E-state index in [0.717, 1.165) is 10.9 Å². The van der Waals surface area contributed by atoms with Crippen molar-refractivity contribution >= 4 is 11.6 Å². The lowest BCUT2D eigenvalue weighted by molar-refractivity contribution is -0.140. The van der Waals surface area contributed by atoms with Gasteiger partial charge in [0.2, 0.25) is 0 Å². The number of rotatable bonds is 4. The van der Waals surface area contributed by atoms with Gasteiger partial charge in [0.05, 0.1) is 29.3 Å². The molecule has 0 fully saturated rings. The zero-order chi connectivity index (χ0) is 19.1. The van der Waals surface area contributed by atoms with Gasteiger partial charge in [-0.2, -0.15) is 18.3 Å². The van der Waals surface area contributed by atoms with Crippen molar-refractivity contribution in [2.24, 2.45) is 12.8 Å². The summed E-state index contributed by atoms with van der Waals surface area (Å²) in [7, 11) is 3.10. The number of nitrogens with one attached hydrogen (secondary N) is 1. The third-order valence-corrected chi connectivity index (χ3v) is 3.74. The Bertz CT molecular complexity index is 957. The number of carbonyl (C=O) groups excluding carboxylic acids is 1. The number of primary amides is 1. The van der Waals surface area contributed by atoms with E-state index in [0.29, 0.717) is 5.69 Å². The van der Waals surface area contributed by atoms with Gasteiger partial charge in [0.1, 0.15) is 0 Å². The van der Waals surface area contributed by atoms with E-state index in [9.17, 15) is 18.0 Å². The molecule has 0 aliphatic heterocycles. The maximum Gasteiger partial charge on any atom is 0.435 e. The van der Waals surface area contributed by atoms with Crippen molar-refractivity contribution in [3.8, 4) is 17.1 Å². The summed E-state index contributed by atoms with van der Waals surface area (Å²) in [5.74, 6) is -0.792. The van der Waals surface area contributed by atoms with E-state index in [-0.39, 0.29) is 22.9 Å². The van der Waals surface area contributed by atoms with Gasteiger partial charge < -0.3 is 15.6 Å². The molecular formula is C15H14F3N7O. The molecule has 3 heterocycles. The minimum Gasteiger partial charge on any atom is -0.387 e. The lowest BCUT2D eigenvalue weighted by Gasteiger charge is -2.07. The average molecular weight is 365 g/mol.